The zero-order valence-corrected chi connectivity index (χ0v) is 18.6. The molecule has 3 rings (SSSR count). The van der Waals surface area contributed by atoms with Gasteiger partial charge >= 0.3 is 0 Å². The molecule has 0 saturated carbocycles. The maximum Gasteiger partial charge on any atom is 0.238 e. The summed E-state index contributed by atoms with van der Waals surface area (Å²) in [5.74, 6) is 0.878. The highest BCUT2D eigenvalue weighted by atomic mass is 79.9. The summed E-state index contributed by atoms with van der Waals surface area (Å²) in [6.07, 6.45) is 0. The van der Waals surface area contributed by atoms with Crippen LogP contribution in [-0.2, 0) is 4.79 Å². The maximum atomic E-state index is 12.5. The monoisotopic (exact) mass is 495 g/mol. The molecule has 1 fully saturated rings. The Kier molecular flexibility index (Phi) is 6.78. The van der Waals surface area contributed by atoms with E-state index in [1.165, 1.54) is 0 Å². The van der Waals surface area contributed by atoms with Gasteiger partial charge in [0.1, 0.15) is 5.75 Å². The van der Waals surface area contributed by atoms with Crippen LogP contribution in [0.2, 0.25) is 0 Å². The van der Waals surface area contributed by atoms with Crippen molar-refractivity contribution in [1.82, 2.24) is 4.90 Å². The summed E-state index contributed by atoms with van der Waals surface area (Å²) in [7, 11) is 1.70. The molecule has 1 saturated heterocycles. The van der Waals surface area contributed by atoms with Gasteiger partial charge in [-0.25, -0.2) is 0 Å². The Balaban J connectivity index is 1.56. The second-order valence-corrected chi connectivity index (χ2v) is 8.30. The Bertz CT molecular complexity index is 798. The number of methoxy groups -OCH3 is 1. The molecule has 1 aliphatic heterocycles. The lowest BCUT2D eigenvalue weighted by molar-refractivity contribution is -0.117. The molecule has 0 aromatic heterocycles. The van der Waals surface area contributed by atoms with Crippen molar-refractivity contribution in [3.05, 3.63) is 50.9 Å². The highest BCUT2D eigenvalue weighted by Crippen LogP contribution is 2.32. The second-order valence-electron chi connectivity index (χ2n) is 6.59. The molecule has 2 aromatic rings. The number of anilines is 2. The molecular weight excluding hydrogens is 474 g/mol. The van der Waals surface area contributed by atoms with E-state index in [4.69, 9.17) is 4.74 Å². The van der Waals surface area contributed by atoms with E-state index in [1.807, 2.05) is 37.3 Å². The van der Waals surface area contributed by atoms with E-state index in [0.29, 0.717) is 6.54 Å². The molecule has 0 unspecified atom stereocenters. The number of nitrogens with zero attached hydrogens (tertiary/aromatic N) is 2. The van der Waals surface area contributed by atoms with E-state index >= 15 is 0 Å². The number of rotatable bonds is 5. The summed E-state index contributed by atoms with van der Waals surface area (Å²) in [6.45, 7) is 5.80. The molecule has 1 heterocycles. The molecular formula is C20H23Br2N3O2. The van der Waals surface area contributed by atoms with Crippen LogP contribution in [-0.4, -0.2) is 50.6 Å². The van der Waals surface area contributed by atoms with Crippen LogP contribution >= 0.6 is 31.9 Å². The fourth-order valence-electron chi connectivity index (χ4n) is 3.24. The average molecular weight is 497 g/mol. The Morgan fingerprint density at radius 2 is 1.74 bits per heavy atom. The third-order valence-corrected chi connectivity index (χ3v) is 5.87. The van der Waals surface area contributed by atoms with Gasteiger partial charge in [-0.3, -0.25) is 9.69 Å². The quantitative estimate of drug-likeness (QED) is 0.670. The number of nitrogens with one attached hydrogen (secondary N) is 1. The Morgan fingerprint density at radius 1 is 1.11 bits per heavy atom. The molecule has 0 aliphatic carbocycles. The number of carbonyl (C=O) groups is 1. The topological polar surface area (TPSA) is 44.8 Å². The zero-order chi connectivity index (χ0) is 19.4. The van der Waals surface area contributed by atoms with Crippen LogP contribution < -0.4 is 15.0 Å². The van der Waals surface area contributed by atoms with Crippen LogP contribution in [0.25, 0.3) is 0 Å². The van der Waals surface area contributed by atoms with Gasteiger partial charge in [0.25, 0.3) is 0 Å². The number of halogens is 2. The number of hydrogen-bond donors (Lipinski definition) is 1. The van der Waals surface area contributed by atoms with Gasteiger partial charge in [0.15, 0.2) is 0 Å². The molecule has 0 radical (unpaired) electrons. The van der Waals surface area contributed by atoms with Gasteiger partial charge in [-0.2, -0.15) is 0 Å². The highest BCUT2D eigenvalue weighted by molar-refractivity contribution is 9.11. The fraction of sp³-hybridized carbons (Fsp3) is 0.350. The number of para-hydroxylation sites is 2. The van der Waals surface area contributed by atoms with Crippen molar-refractivity contribution in [2.24, 2.45) is 0 Å². The zero-order valence-electron chi connectivity index (χ0n) is 15.5. The summed E-state index contributed by atoms with van der Waals surface area (Å²) < 4.78 is 7.22. The molecule has 1 amide bonds. The molecule has 0 atom stereocenters. The number of aryl methyl sites for hydroxylation is 1. The first-order chi connectivity index (χ1) is 13.0. The predicted molar refractivity (Wildman–Crippen MR) is 117 cm³/mol. The fourth-order valence-corrected chi connectivity index (χ4v) is 4.85. The number of benzene rings is 2. The van der Waals surface area contributed by atoms with Crippen LogP contribution in [0.4, 0.5) is 11.4 Å². The summed E-state index contributed by atoms with van der Waals surface area (Å²) in [5.41, 5.74) is 3.01. The summed E-state index contributed by atoms with van der Waals surface area (Å²) in [6, 6.07) is 12.0. The van der Waals surface area contributed by atoms with E-state index in [1.54, 1.807) is 7.11 Å². The van der Waals surface area contributed by atoms with E-state index in [0.717, 1.165) is 57.8 Å². The molecule has 5 nitrogen and oxygen atoms in total. The largest absolute Gasteiger partial charge is 0.495 e. The number of piperazine rings is 1. The van der Waals surface area contributed by atoms with Crippen molar-refractivity contribution >= 4 is 49.1 Å². The van der Waals surface area contributed by atoms with Crippen LogP contribution in [0.15, 0.2) is 45.3 Å². The minimum atomic E-state index is -0.00834. The lowest BCUT2D eigenvalue weighted by Crippen LogP contribution is -2.48. The number of amides is 1. The molecule has 1 N–H and O–H groups in total. The van der Waals surface area contributed by atoms with Crippen molar-refractivity contribution in [1.29, 1.82) is 0 Å². The van der Waals surface area contributed by atoms with Gasteiger partial charge in [-0.1, -0.05) is 12.1 Å². The minimum absolute atomic E-state index is 0.00834. The van der Waals surface area contributed by atoms with E-state index in [2.05, 4.69) is 53.0 Å². The van der Waals surface area contributed by atoms with E-state index in [9.17, 15) is 4.79 Å². The van der Waals surface area contributed by atoms with Gasteiger partial charge in [-0.05, 0) is 68.6 Å². The highest BCUT2D eigenvalue weighted by Gasteiger charge is 2.21. The predicted octanol–water partition coefficient (Wildman–Crippen LogP) is 4.29. The van der Waals surface area contributed by atoms with Crippen LogP contribution in [0.1, 0.15) is 5.56 Å². The Labute approximate surface area is 176 Å². The van der Waals surface area contributed by atoms with Gasteiger partial charge in [0.05, 0.1) is 25.0 Å². The van der Waals surface area contributed by atoms with Gasteiger partial charge < -0.3 is 15.0 Å². The molecule has 0 spiro atoms. The number of ether oxygens (including phenoxy) is 1. The lowest BCUT2D eigenvalue weighted by atomic mass is 10.2. The van der Waals surface area contributed by atoms with Crippen LogP contribution in [0, 0.1) is 6.92 Å². The van der Waals surface area contributed by atoms with Gasteiger partial charge in [-0.15, -0.1) is 0 Å². The third kappa shape index (κ3) is 5.03. The smallest absolute Gasteiger partial charge is 0.238 e. The number of carbonyl (C=O) groups excluding carboxylic acids is 1. The summed E-state index contributed by atoms with van der Waals surface area (Å²) >= 11 is 7.04. The average Bonchev–Trinajstić information content (AvgIpc) is 2.65. The first-order valence-corrected chi connectivity index (χ1v) is 10.4. The van der Waals surface area contributed by atoms with Gasteiger partial charge in [0.2, 0.25) is 5.91 Å². The molecule has 27 heavy (non-hydrogen) atoms. The molecule has 144 valence electrons. The standard InChI is InChI=1S/C20H23Br2N3O2/c1-14-11-15(21)20(16(22)12-14)23-19(26)13-24-7-9-25(10-8-24)17-5-3-4-6-18(17)27-2/h3-6,11-12H,7-10,13H2,1-2H3,(H,23,26). The normalized spacial score (nSPS) is 14.9. The SMILES string of the molecule is COc1ccccc1N1CCN(CC(=O)Nc2c(Br)cc(C)cc2Br)CC1. The Morgan fingerprint density at radius 3 is 2.37 bits per heavy atom. The van der Waals surface area contributed by atoms with Gasteiger partial charge in [0, 0.05) is 35.1 Å². The number of hydrogen-bond acceptors (Lipinski definition) is 4. The molecule has 1 aliphatic rings. The van der Waals surface area contributed by atoms with E-state index in [-0.39, 0.29) is 5.91 Å². The van der Waals surface area contributed by atoms with Crippen LogP contribution in [0.5, 0.6) is 5.75 Å². The van der Waals surface area contributed by atoms with Crippen molar-refractivity contribution in [2.75, 3.05) is 50.1 Å². The van der Waals surface area contributed by atoms with Crippen LogP contribution in [0.3, 0.4) is 0 Å². The summed E-state index contributed by atoms with van der Waals surface area (Å²) in [5, 5.41) is 3.01. The lowest BCUT2D eigenvalue weighted by Gasteiger charge is -2.36. The molecule has 2 aromatic carbocycles. The second kappa shape index (κ2) is 9.08. The molecule has 0 bridgehead atoms. The van der Waals surface area contributed by atoms with E-state index < -0.39 is 0 Å². The van der Waals surface area contributed by atoms with Crippen molar-refractivity contribution in [3.63, 3.8) is 0 Å². The minimum Gasteiger partial charge on any atom is -0.495 e. The first kappa shape index (κ1) is 20.2. The maximum absolute atomic E-state index is 12.5. The van der Waals surface area contributed by atoms with Crippen molar-refractivity contribution in [2.45, 2.75) is 6.92 Å². The third-order valence-electron chi connectivity index (χ3n) is 4.62. The Hall–Kier alpha value is -1.57. The molecule has 7 heteroatoms. The van der Waals surface area contributed by atoms with Crippen molar-refractivity contribution < 1.29 is 9.53 Å². The summed E-state index contributed by atoms with van der Waals surface area (Å²) in [4.78, 5) is 17.0. The van der Waals surface area contributed by atoms with Crippen molar-refractivity contribution in [3.8, 4) is 5.75 Å². The first-order valence-electron chi connectivity index (χ1n) is 8.83.